The van der Waals surface area contributed by atoms with Crippen LogP contribution in [-0.4, -0.2) is 26.0 Å². The summed E-state index contributed by atoms with van der Waals surface area (Å²) in [5.41, 5.74) is 2.93. The Balaban J connectivity index is 1.65. The Morgan fingerprint density at radius 2 is 2.04 bits per heavy atom. The van der Waals surface area contributed by atoms with Crippen molar-refractivity contribution in [1.82, 2.24) is 19.5 Å². The van der Waals surface area contributed by atoms with Crippen LogP contribution in [0.2, 0.25) is 5.02 Å². The fraction of sp³-hybridized carbons (Fsp3) is 0.222. The second-order valence-electron chi connectivity index (χ2n) is 6.44. The van der Waals surface area contributed by atoms with Crippen LogP contribution in [0.4, 0.5) is 14.5 Å². The van der Waals surface area contributed by atoms with Crippen molar-refractivity contribution < 1.29 is 8.78 Å². The molecule has 0 spiro atoms. The van der Waals surface area contributed by atoms with Gasteiger partial charge < -0.3 is 9.80 Å². The monoisotopic (exact) mass is 373 g/mol. The molecule has 8 heteroatoms. The second-order valence-corrected chi connectivity index (χ2v) is 6.85. The fourth-order valence-electron chi connectivity index (χ4n) is 3.75. The van der Waals surface area contributed by atoms with Gasteiger partial charge in [-0.05, 0) is 31.0 Å². The van der Waals surface area contributed by atoms with Gasteiger partial charge in [0, 0.05) is 36.3 Å². The molecular weight excluding hydrogens is 360 g/mol. The molecule has 5 rings (SSSR count). The van der Waals surface area contributed by atoms with Crippen LogP contribution < -0.4 is 4.90 Å². The number of nitrogens with zero attached hydrogens (tertiary/aromatic N) is 5. The van der Waals surface area contributed by atoms with Crippen LogP contribution in [-0.2, 0) is 0 Å². The van der Waals surface area contributed by atoms with Gasteiger partial charge in [-0.1, -0.05) is 11.6 Å². The van der Waals surface area contributed by atoms with Crippen LogP contribution >= 0.6 is 11.6 Å². The van der Waals surface area contributed by atoms with Crippen molar-refractivity contribution in [1.29, 1.82) is 0 Å². The zero-order chi connectivity index (χ0) is 17.8. The lowest BCUT2D eigenvalue weighted by Crippen LogP contribution is -2.31. The van der Waals surface area contributed by atoms with E-state index in [1.807, 2.05) is 24.5 Å². The maximum Gasteiger partial charge on any atom is 0.155 e. The van der Waals surface area contributed by atoms with Gasteiger partial charge in [0.05, 0.1) is 10.7 Å². The van der Waals surface area contributed by atoms with Crippen LogP contribution in [0.1, 0.15) is 24.6 Å². The minimum absolute atomic E-state index is 0.164. The summed E-state index contributed by atoms with van der Waals surface area (Å²) in [6.45, 7) is 0.861. The molecule has 0 bridgehead atoms. The molecule has 0 N–H and O–H groups in total. The summed E-state index contributed by atoms with van der Waals surface area (Å²) in [5, 5.41) is 3.95. The van der Waals surface area contributed by atoms with Crippen molar-refractivity contribution in [2.24, 2.45) is 0 Å². The number of fused-ring (bicyclic) bond motifs is 2. The Morgan fingerprint density at radius 1 is 1.15 bits per heavy atom. The van der Waals surface area contributed by atoms with E-state index < -0.39 is 11.6 Å². The van der Waals surface area contributed by atoms with Gasteiger partial charge in [-0.2, -0.15) is 5.10 Å². The largest absolute Gasteiger partial charge is 0.349 e. The van der Waals surface area contributed by atoms with E-state index in [0.717, 1.165) is 48.4 Å². The van der Waals surface area contributed by atoms with E-state index in [1.54, 1.807) is 9.42 Å². The van der Waals surface area contributed by atoms with Crippen molar-refractivity contribution in [2.75, 3.05) is 11.4 Å². The number of hydrogen-bond donors (Lipinski definition) is 0. The van der Waals surface area contributed by atoms with Gasteiger partial charge in [0.1, 0.15) is 24.1 Å². The summed E-state index contributed by atoms with van der Waals surface area (Å²) in [6.07, 6.45) is 6.94. The third-order valence-electron chi connectivity index (χ3n) is 4.91. The zero-order valence-electron chi connectivity index (χ0n) is 13.6. The van der Waals surface area contributed by atoms with E-state index in [0.29, 0.717) is 0 Å². The van der Waals surface area contributed by atoms with Crippen LogP contribution in [0.3, 0.4) is 0 Å². The number of rotatable bonds is 2. The van der Waals surface area contributed by atoms with Gasteiger partial charge in [-0.25, -0.2) is 18.3 Å². The van der Waals surface area contributed by atoms with E-state index in [2.05, 4.69) is 15.0 Å². The van der Waals surface area contributed by atoms with Crippen molar-refractivity contribution in [3.63, 3.8) is 0 Å². The molecule has 1 fully saturated rings. The molecule has 132 valence electrons. The number of pyridine rings is 1. The summed E-state index contributed by atoms with van der Waals surface area (Å²) in [7, 11) is 0. The highest BCUT2D eigenvalue weighted by Gasteiger charge is 2.38. The third-order valence-corrected chi connectivity index (χ3v) is 5.20. The average Bonchev–Trinajstić information content (AvgIpc) is 3.32. The average molecular weight is 374 g/mol. The summed E-state index contributed by atoms with van der Waals surface area (Å²) >= 11 is 5.72. The second kappa shape index (κ2) is 5.67. The Morgan fingerprint density at radius 3 is 2.92 bits per heavy atom. The van der Waals surface area contributed by atoms with Crippen molar-refractivity contribution >= 4 is 22.9 Å². The quantitative estimate of drug-likeness (QED) is 0.633. The van der Waals surface area contributed by atoms with Crippen LogP contribution in [0.15, 0.2) is 48.7 Å². The molecule has 26 heavy (non-hydrogen) atoms. The first-order chi connectivity index (χ1) is 12.6. The molecular formula is C18H14ClF2N5. The van der Waals surface area contributed by atoms with Crippen molar-refractivity contribution in [3.05, 3.63) is 70.9 Å². The van der Waals surface area contributed by atoms with Crippen LogP contribution in [0, 0.1) is 11.6 Å². The molecule has 1 aromatic carbocycles. The topological polar surface area (TPSA) is 36.7 Å². The molecule has 0 amide bonds. The molecule has 0 saturated carbocycles. The molecule has 0 radical (unpaired) electrons. The maximum atomic E-state index is 14.6. The summed E-state index contributed by atoms with van der Waals surface area (Å²) < 4.78 is 30.3. The van der Waals surface area contributed by atoms with E-state index in [1.165, 1.54) is 6.33 Å². The normalized spacial score (nSPS) is 19.3. The number of benzene rings is 1. The molecule has 1 atom stereocenters. The summed E-state index contributed by atoms with van der Waals surface area (Å²) in [4.78, 5) is 8.13. The first-order valence-corrected chi connectivity index (χ1v) is 8.69. The Hall–Kier alpha value is -2.67. The molecule has 0 aliphatic carbocycles. The first-order valence-electron chi connectivity index (χ1n) is 8.31. The number of halogens is 3. The molecule has 1 saturated heterocycles. The smallest absolute Gasteiger partial charge is 0.155 e. The molecule has 1 unspecified atom stereocenters. The molecule has 5 nitrogen and oxygen atoms in total. The summed E-state index contributed by atoms with van der Waals surface area (Å²) in [6, 6.07) is 5.98. The Kier molecular flexibility index (Phi) is 3.40. The molecule has 3 aromatic rings. The highest BCUT2D eigenvalue weighted by atomic mass is 35.5. The number of allylic oxidation sites excluding steroid dienone is 1. The zero-order valence-corrected chi connectivity index (χ0v) is 14.4. The van der Waals surface area contributed by atoms with Gasteiger partial charge in [-0.3, -0.25) is 0 Å². The van der Waals surface area contributed by atoms with Crippen molar-refractivity contribution in [3.8, 4) is 0 Å². The fourth-order valence-corrected chi connectivity index (χ4v) is 3.90. The van der Waals surface area contributed by atoms with Crippen LogP contribution in [0.25, 0.3) is 5.65 Å². The highest BCUT2D eigenvalue weighted by molar-refractivity contribution is 6.30. The number of aromatic nitrogens is 3. The summed E-state index contributed by atoms with van der Waals surface area (Å²) in [5.74, 6) is -1.19. The van der Waals surface area contributed by atoms with Crippen LogP contribution in [0.5, 0.6) is 0 Å². The lowest BCUT2D eigenvalue weighted by molar-refractivity contribution is 0.317. The van der Waals surface area contributed by atoms with Gasteiger partial charge in [-0.15, -0.1) is 0 Å². The lowest BCUT2D eigenvalue weighted by Gasteiger charge is -2.32. The number of hydrogen-bond acceptors (Lipinski definition) is 4. The van der Waals surface area contributed by atoms with Gasteiger partial charge in [0.2, 0.25) is 0 Å². The van der Waals surface area contributed by atoms with Crippen molar-refractivity contribution in [2.45, 2.75) is 19.0 Å². The van der Waals surface area contributed by atoms with E-state index in [9.17, 15) is 8.78 Å². The van der Waals surface area contributed by atoms with Gasteiger partial charge >= 0.3 is 0 Å². The SMILES string of the molecule is Fc1cc(N2C=C3CCCN3C2c2ccc3ncnn3c2)c(F)cc1Cl. The predicted molar refractivity (Wildman–Crippen MR) is 93.6 cm³/mol. The Bertz CT molecular complexity index is 1050. The van der Waals surface area contributed by atoms with E-state index >= 15 is 0 Å². The Labute approximate surface area is 153 Å². The molecule has 2 aliphatic rings. The minimum Gasteiger partial charge on any atom is -0.349 e. The van der Waals surface area contributed by atoms with Gasteiger partial charge in [0.25, 0.3) is 0 Å². The standard InChI is InChI=1S/C18H14ClF2N5/c19-13-6-15(21)16(7-14(13)20)25-9-12-2-1-5-24(12)18(25)11-3-4-17-22-10-23-26(17)8-11/h3-4,6-10,18H,1-2,5H2. The molecule has 2 aliphatic heterocycles. The molecule has 4 heterocycles. The predicted octanol–water partition coefficient (Wildman–Crippen LogP) is 4.12. The highest BCUT2D eigenvalue weighted by Crippen LogP contribution is 2.44. The lowest BCUT2D eigenvalue weighted by atomic mass is 10.1. The third kappa shape index (κ3) is 2.27. The molecule has 2 aromatic heterocycles. The van der Waals surface area contributed by atoms with E-state index in [4.69, 9.17) is 11.6 Å². The number of anilines is 1. The first kappa shape index (κ1) is 15.6. The minimum atomic E-state index is -0.640. The van der Waals surface area contributed by atoms with Gasteiger partial charge in [0.15, 0.2) is 5.65 Å². The van der Waals surface area contributed by atoms with E-state index in [-0.39, 0.29) is 16.9 Å². The maximum absolute atomic E-state index is 14.6.